The van der Waals surface area contributed by atoms with Crippen molar-refractivity contribution in [2.75, 3.05) is 39.6 Å². The predicted molar refractivity (Wildman–Crippen MR) is 390 cm³/mol. The Kier molecular flexibility index (Phi) is 67.7. The Hall–Kier alpha value is -3.53. The van der Waals surface area contributed by atoms with Gasteiger partial charge in [-0.1, -0.05) is 291 Å². The summed E-state index contributed by atoms with van der Waals surface area (Å²) in [4.78, 5) is 58.5. The molecule has 0 amide bonds. The van der Waals surface area contributed by atoms with Crippen molar-refractivity contribution in [1.82, 2.24) is 0 Å². The number of aliphatic hydroxyl groups is 2. The molecule has 0 saturated carbocycles. The molecule has 0 aliphatic carbocycles. The number of allylic oxidation sites excluding steroid dienone is 16. The zero-order valence-corrected chi connectivity index (χ0v) is 61.6. The first-order chi connectivity index (χ1) is 46.2. The van der Waals surface area contributed by atoms with Gasteiger partial charge in [-0.25, -0.2) is 9.13 Å². The van der Waals surface area contributed by atoms with Gasteiger partial charge in [-0.15, -0.1) is 0 Å². The number of carbonyl (C=O) groups is 3. The smallest absolute Gasteiger partial charge is 0.463 e. The van der Waals surface area contributed by atoms with Crippen molar-refractivity contribution in [3.63, 3.8) is 0 Å². The van der Waals surface area contributed by atoms with E-state index in [0.717, 1.165) is 122 Å². The molecule has 95 heavy (non-hydrogen) atoms. The highest BCUT2D eigenvalue weighted by Gasteiger charge is 2.29. The van der Waals surface area contributed by atoms with Gasteiger partial charge in [-0.05, 0) is 103 Å². The molecule has 0 aromatic heterocycles. The maximum atomic E-state index is 12.9. The molecule has 16 nitrogen and oxygen atoms in total. The van der Waals surface area contributed by atoms with Crippen molar-refractivity contribution in [2.45, 2.75) is 334 Å². The van der Waals surface area contributed by atoms with Gasteiger partial charge >= 0.3 is 33.6 Å². The molecule has 5 atom stereocenters. The maximum Gasteiger partial charge on any atom is 0.472 e. The van der Waals surface area contributed by atoms with Crippen LogP contribution in [-0.2, 0) is 55.8 Å². The summed E-state index contributed by atoms with van der Waals surface area (Å²) in [6.07, 6.45) is 78.8. The molecule has 0 aromatic carbocycles. The van der Waals surface area contributed by atoms with E-state index >= 15 is 0 Å². The molecule has 550 valence electrons. The highest BCUT2D eigenvalue weighted by molar-refractivity contribution is 7.47. The van der Waals surface area contributed by atoms with Gasteiger partial charge < -0.3 is 34.2 Å². The van der Waals surface area contributed by atoms with Gasteiger partial charge in [0.15, 0.2) is 6.10 Å². The first kappa shape index (κ1) is 91.5. The van der Waals surface area contributed by atoms with E-state index in [-0.39, 0.29) is 19.3 Å². The largest absolute Gasteiger partial charge is 0.472 e. The molecule has 0 aromatic rings. The van der Waals surface area contributed by atoms with Crippen LogP contribution in [0.2, 0.25) is 0 Å². The van der Waals surface area contributed by atoms with Gasteiger partial charge in [0.05, 0.1) is 26.4 Å². The van der Waals surface area contributed by atoms with E-state index in [4.69, 9.17) is 32.3 Å². The van der Waals surface area contributed by atoms with Gasteiger partial charge in [0.2, 0.25) is 0 Å². The fourth-order valence-electron chi connectivity index (χ4n) is 10.1. The summed E-state index contributed by atoms with van der Waals surface area (Å²) < 4.78 is 61.0. The second kappa shape index (κ2) is 70.3. The molecular weight excluding hydrogens is 1240 g/mol. The number of phosphoric ester groups is 2. The number of carbonyl (C=O) groups excluding carboxylic acids is 3. The molecule has 5 unspecified atom stereocenters. The molecule has 0 spiro atoms. The van der Waals surface area contributed by atoms with Crippen LogP contribution in [0.5, 0.6) is 0 Å². The van der Waals surface area contributed by atoms with Gasteiger partial charge in [0, 0.05) is 19.3 Å². The van der Waals surface area contributed by atoms with Crippen LogP contribution in [0.1, 0.15) is 316 Å². The van der Waals surface area contributed by atoms with E-state index in [0.29, 0.717) is 19.3 Å². The number of rotatable bonds is 71. The minimum Gasteiger partial charge on any atom is -0.463 e. The zero-order chi connectivity index (χ0) is 69.5. The number of unbranched alkanes of at least 4 members (excludes halogenated alkanes) is 32. The fraction of sp³-hybridized carbons (Fsp3) is 0.753. The third kappa shape index (κ3) is 71.6. The third-order valence-corrected chi connectivity index (χ3v) is 17.7. The number of phosphoric acid groups is 2. The van der Waals surface area contributed by atoms with Crippen molar-refractivity contribution in [1.29, 1.82) is 0 Å². The Balaban J connectivity index is 4.54. The van der Waals surface area contributed by atoms with Crippen molar-refractivity contribution in [2.24, 2.45) is 0 Å². The highest BCUT2D eigenvalue weighted by atomic mass is 31.2. The summed E-state index contributed by atoms with van der Waals surface area (Å²) in [5.74, 6) is -1.59. The number of hydrogen-bond donors (Lipinski definition) is 4. The van der Waals surface area contributed by atoms with Gasteiger partial charge in [0.1, 0.15) is 25.4 Å². The molecule has 0 heterocycles. The van der Waals surface area contributed by atoms with E-state index in [1.54, 1.807) is 0 Å². The summed E-state index contributed by atoms with van der Waals surface area (Å²) in [5, 5.41) is 20.6. The standard InChI is InChI=1S/C77H136O16P2/c1-4-7-10-13-16-19-22-25-28-30-31-32-33-34-35-36-37-38-39-41-44-45-48-51-54-57-60-63-75(80)87-66-72(78)67-89-94(83,84)90-68-73(79)69-91-95(85,86)92-71-74(93-77(82)65-62-59-56-53-50-47-42-27-24-21-18-15-12-9-6-3)70-88-76(81)64-61-58-55-52-49-46-43-40-29-26-23-20-17-14-11-8-5-2/h8,11,16-17,19-20,25-26,28-29,31-32,34-35,43,46,72-74,78-79H,4-7,9-10,12-15,18,21-24,27,30,33,36-42,44-45,47-71H2,1-3H3,(H,83,84)(H,85,86)/b11-8-,19-16-,20-17-,28-25-,29-26-,32-31-,35-34-,46-43-. The van der Waals surface area contributed by atoms with Crippen LogP contribution in [-0.4, -0.2) is 95.9 Å². The Morgan fingerprint density at radius 1 is 0.305 bits per heavy atom. The summed E-state index contributed by atoms with van der Waals surface area (Å²) in [6, 6.07) is 0. The van der Waals surface area contributed by atoms with E-state index in [1.807, 2.05) is 0 Å². The van der Waals surface area contributed by atoms with Crippen LogP contribution < -0.4 is 0 Å². The highest BCUT2D eigenvalue weighted by Crippen LogP contribution is 2.45. The third-order valence-electron chi connectivity index (χ3n) is 15.8. The first-order valence-electron chi connectivity index (χ1n) is 37.5. The zero-order valence-electron chi connectivity index (χ0n) is 59.8. The van der Waals surface area contributed by atoms with Crippen LogP contribution >= 0.6 is 15.6 Å². The van der Waals surface area contributed by atoms with Gasteiger partial charge in [0.25, 0.3) is 0 Å². The van der Waals surface area contributed by atoms with Crippen molar-refractivity contribution < 1.29 is 75.8 Å². The Labute approximate surface area is 578 Å². The lowest BCUT2D eigenvalue weighted by Gasteiger charge is -2.21. The molecule has 0 rings (SSSR count). The molecule has 4 N–H and O–H groups in total. The maximum absolute atomic E-state index is 12.9. The first-order valence-corrected chi connectivity index (χ1v) is 40.5. The minimum atomic E-state index is -4.93. The van der Waals surface area contributed by atoms with E-state index in [2.05, 4.69) is 118 Å². The second-order valence-electron chi connectivity index (χ2n) is 25.1. The average molecular weight is 1380 g/mol. The SMILES string of the molecule is CC/C=C\C/C=C\C/C=C\C/C=C\CCCCCCC(=O)OCC(COP(=O)(O)OCC(O)COP(=O)(O)OCC(O)COC(=O)CCCCCCCCCCCCC/C=C\C/C=C\C/C=C\C/C=C\CCCCC)OC(=O)CCCCCCCCCCCCCCCCC. The van der Waals surface area contributed by atoms with E-state index in [1.165, 1.54) is 135 Å². The Bertz CT molecular complexity index is 2120. The average Bonchev–Trinajstić information content (AvgIpc) is 2.44. The molecule has 0 fully saturated rings. The molecule has 0 aliphatic rings. The van der Waals surface area contributed by atoms with Crippen molar-refractivity contribution in [3.05, 3.63) is 97.2 Å². The lowest BCUT2D eigenvalue weighted by atomic mass is 10.0. The summed E-state index contributed by atoms with van der Waals surface area (Å²) >= 11 is 0. The Morgan fingerprint density at radius 2 is 0.558 bits per heavy atom. The predicted octanol–water partition coefficient (Wildman–Crippen LogP) is 21.4. The Morgan fingerprint density at radius 3 is 0.905 bits per heavy atom. The molecule has 18 heteroatoms. The fourth-order valence-corrected chi connectivity index (χ4v) is 11.7. The lowest BCUT2D eigenvalue weighted by Crippen LogP contribution is -2.30. The number of hydrogen-bond acceptors (Lipinski definition) is 14. The van der Waals surface area contributed by atoms with Crippen LogP contribution in [0.3, 0.4) is 0 Å². The van der Waals surface area contributed by atoms with Crippen LogP contribution in [0.25, 0.3) is 0 Å². The number of ether oxygens (including phenoxy) is 3. The summed E-state index contributed by atoms with van der Waals surface area (Å²) in [7, 11) is -9.78. The van der Waals surface area contributed by atoms with Crippen molar-refractivity contribution in [3.8, 4) is 0 Å². The molecular formula is C77H136O16P2. The van der Waals surface area contributed by atoms with E-state index in [9.17, 15) is 43.5 Å². The number of esters is 3. The van der Waals surface area contributed by atoms with E-state index < -0.39 is 91.5 Å². The monoisotopic (exact) mass is 1380 g/mol. The lowest BCUT2D eigenvalue weighted by molar-refractivity contribution is -0.161. The van der Waals surface area contributed by atoms with Crippen LogP contribution in [0, 0.1) is 0 Å². The molecule has 0 radical (unpaired) electrons. The van der Waals surface area contributed by atoms with Gasteiger partial charge in [-0.2, -0.15) is 0 Å². The molecule has 0 aliphatic heterocycles. The van der Waals surface area contributed by atoms with Crippen LogP contribution in [0.15, 0.2) is 97.2 Å². The van der Waals surface area contributed by atoms with Gasteiger partial charge in [-0.3, -0.25) is 32.5 Å². The van der Waals surface area contributed by atoms with Crippen molar-refractivity contribution >= 4 is 33.6 Å². The summed E-state index contributed by atoms with van der Waals surface area (Å²) in [6.45, 7) is 2.53. The molecule has 0 saturated heterocycles. The summed E-state index contributed by atoms with van der Waals surface area (Å²) in [5.41, 5.74) is 0. The minimum absolute atomic E-state index is 0.102. The molecule has 0 bridgehead atoms. The van der Waals surface area contributed by atoms with Crippen LogP contribution in [0.4, 0.5) is 0 Å². The normalized spacial score (nSPS) is 14.6. The number of aliphatic hydroxyl groups excluding tert-OH is 2. The quantitative estimate of drug-likeness (QED) is 0.0146. The second-order valence-corrected chi connectivity index (χ2v) is 28.0. The topological polar surface area (TPSA) is 231 Å².